The molecule has 0 aliphatic rings. The van der Waals surface area contributed by atoms with Gasteiger partial charge in [-0.2, -0.15) is 0 Å². The van der Waals surface area contributed by atoms with E-state index in [1.807, 2.05) is 42.5 Å². The van der Waals surface area contributed by atoms with Crippen LogP contribution in [0, 0.1) is 0 Å². The summed E-state index contributed by atoms with van der Waals surface area (Å²) in [6, 6.07) is 13.4. The Labute approximate surface area is 122 Å². The average molecular weight is 294 g/mol. The fraction of sp³-hybridized carbons (Fsp3) is 0.133. The molecule has 19 heavy (non-hydrogen) atoms. The highest BCUT2D eigenvalue weighted by Gasteiger charge is 2.05. The van der Waals surface area contributed by atoms with Crippen LogP contribution < -0.4 is 5.73 Å². The summed E-state index contributed by atoms with van der Waals surface area (Å²) in [7, 11) is 0. The standard InChI is InChI=1S/C15H13Cl2NO/c16-13-6-3-10(4-7-13)12-2-1-11(14(17)9-12)5-8-15(18)19/h1-4,6-7,9H,5,8H2,(H2,18,19). The highest BCUT2D eigenvalue weighted by molar-refractivity contribution is 6.31. The molecule has 0 spiro atoms. The molecule has 0 saturated carbocycles. The van der Waals surface area contributed by atoms with Crippen molar-refractivity contribution in [3.63, 3.8) is 0 Å². The third kappa shape index (κ3) is 3.72. The van der Waals surface area contributed by atoms with Crippen LogP contribution in [0.3, 0.4) is 0 Å². The Morgan fingerprint density at radius 3 is 2.21 bits per heavy atom. The Bertz CT molecular complexity index is 594. The second kappa shape index (κ2) is 6.09. The first kappa shape index (κ1) is 13.9. The number of aryl methyl sites for hydroxylation is 1. The lowest BCUT2D eigenvalue weighted by molar-refractivity contribution is -0.117. The molecule has 0 aliphatic heterocycles. The molecule has 1 amide bonds. The Kier molecular flexibility index (Phi) is 4.46. The summed E-state index contributed by atoms with van der Waals surface area (Å²) in [5.74, 6) is -0.321. The summed E-state index contributed by atoms with van der Waals surface area (Å²) in [6.07, 6.45) is 0.870. The maximum absolute atomic E-state index is 10.8. The zero-order valence-corrected chi connectivity index (χ0v) is 11.7. The van der Waals surface area contributed by atoms with Gasteiger partial charge in [0.1, 0.15) is 0 Å². The Balaban J connectivity index is 2.23. The fourth-order valence-electron chi connectivity index (χ4n) is 1.83. The monoisotopic (exact) mass is 293 g/mol. The summed E-state index contributed by atoms with van der Waals surface area (Å²) in [6.45, 7) is 0. The third-order valence-electron chi connectivity index (χ3n) is 2.87. The van der Waals surface area contributed by atoms with Crippen molar-refractivity contribution in [3.8, 4) is 11.1 Å². The van der Waals surface area contributed by atoms with Gasteiger partial charge in [0.05, 0.1) is 0 Å². The van der Waals surface area contributed by atoms with Crippen LogP contribution in [0.1, 0.15) is 12.0 Å². The summed E-state index contributed by atoms with van der Waals surface area (Å²) in [5, 5.41) is 1.35. The van der Waals surface area contributed by atoms with Gasteiger partial charge in [-0.15, -0.1) is 0 Å². The smallest absolute Gasteiger partial charge is 0.217 e. The molecule has 0 bridgehead atoms. The minimum atomic E-state index is -0.321. The van der Waals surface area contributed by atoms with Crippen LogP contribution in [0.4, 0.5) is 0 Å². The topological polar surface area (TPSA) is 43.1 Å². The van der Waals surface area contributed by atoms with Crippen molar-refractivity contribution in [3.05, 3.63) is 58.1 Å². The molecular weight excluding hydrogens is 281 g/mol. The van der Waals surface area contributed by atoms with Gasteiger partial charge in [0.25, 0.3) is 0 Å². The van der Waals surface area contributed by atoms with Crippen molar-refractivity contribution in [2.75, 3.05) is 0 Å². The lowest BCUT2D eigenvalue weighted by Crippen LogP contribution is -2.11. The molecule has 0 radical (unpaired) electrons. The summed E-state index contributed by atoms with van der Waals surface area (Å²) >= 11 is 12.1. The minimum absolute atomic E-state index is 0.306. The summed E-state index contributed by atoms with van der Waals surface area (Å²) < 4.78 is 0. The number of halogens is 2. The Hall–Kier alpha value is -1.51. The fourth-order valence-corrected chi connectivity index (χ4v) is 2.23. The van der Waals surface area contributed by atoms with Crippen LogP contribution in [-0.4, -0.2) is 5.91 Å². The molecule has 0 aliphatic carbocycles. The van der Waals surface area contributed by atoms with E-state index in [0.717, 1.165) is 16.7 Å². The van der Waals surface area contributed by atoms with Crippen molar-refractivity contribution in [2.45, 2.75) is 12.8 Å². The van der Waals surface area contributed by atoms with Gasteiger partial charge in [-0.25, -0.2) is 0 Å². The third-order valence-corrected chi connectivity index (χ3v) is 3.48. The molecule has 0 fully saturated rings. The maximum Gasteiger partial charge on any atom is 0.217 e. The first-order valence-corrected chi connectivity index (χ1v) is 6.64. The van der Waals surface area contributed by atoms with Crippen LogP contribution in [0.5, 0.6) is 0 Å². The molecule has 0 saturated heterocycles. The minimum Gasteiger partial charge on any atom is -0.370 e. The summed E-state index contributed by atoms with van der Waals surface area (Å²) in [5.41, 5.74) is 8.13. The number of benzene rings is 2. The SMILES string of the molecule is NC(=O)CCc1ccc(-c2ccc(Cl)cc2)cc1Cl. The van der Waals surface area contributed by atoms with Crippen molar-refractivity contribution in [2.24, 2.45) is 5.73 Å². The quantitative estimate of drug-likeness (QED) is 0.907. The molecule has 98 valence electrons. The van der Waals surface area contributed by atoms with Crippen molar-refractivity contribution < 1.29 is 4.79 Å². The first-order valence-electron chi connectivity index (χ1n) is 5.89. The van der Waals surface area contributed by atoms with Gasteiger partial charge >= 0.3 is 0 Å². The number of nitrogens with two attached hydrogens (primary N) is 1. The van der Waals surface area contributed by atoms with Gasteiger partial charge in [-0.1, -0.05) is 47.5 Å². The molecule has 2 aromatic carbocycles. The molecule has 2 N–H and O–H groups in total. The Morgan fingerprint density at radius 1 is 1.00 bits per heavy atom. The van der Waals surface area contributed by atoms with Crippen LogP contribution in [0.25, 0.3) is 11.1 Å². The predicted molar refractivity (Wildman–Crippen MR) is 79.4 cm³/mol. The Morgan fingerprint density at radius 2 is 1.63 bits per heavy atom. The molecule has 2 nitrogen and oxygen atoms in total. The van der Waals surface area contributed by atoms with E-state index in [1.165, 1.54) is 0 Å². The first-order chi connectivity index (χ1) is 9.06. The van der Waals surface area contributed by atoms with E-state index in [4.69, 9.17) is 28.9 Å². The van der Waals surface area contributed by atoms with E-state index < -0.39 is 0 Å². The zero-order valence-electron chi connectivity index (χ0n) is 10.2. The van der Waals surface area contributed by atoms with Crippen molar-refractivity contribution in [1.82, 2.24) is 0 Å². The number of amides is 1. The van der Waals surface area contributed by atoms with Crippen molar-refractivity contribution in [1.29, 1.82) is 0 Å². The van der Waals surface area contributed by atoms with Crippen molar-refractivity contribution >= 4 is 29.1 Å². The van der Waals surface area contributed by atoms with Crippen LogP contribution in [-0.2, 0) is 11.2 Å². The van der Waals surface area contributed by atoms with Crippen LogP contribution >= 0.6 is 23.2 Å². The molecule has 0 aromatic heterocycles. The number of carbonyl (C=O) groups is 1. The second-order valence-corrected chi connectivity index (χ2v) is 5.12. The molecule has 2 aromatic rings. The normalized spacial score (nSPS) is 10.4. The number of rotatable bonds is 4. The van der Waals surface area contributed by atoms with Crippen LogP contribution in [0.15, 0.2) is 42.5 Å². The lowest BCUT2D eigenvalue weighted by atomic mass is 10.0. The van der Waals surface area contributed by atoms with E-state index in [2.05, 4.69) is 0 Å². The van der Waals surface area contributed by atoms with E-state index in [-0.39, 0.29) is 5.91 Å². The number of carbonyl (C=O) groups excluding carboxylic acids is 1. The van der Waals surface area contributed by atoms with Gasteiger partial charge in [-0.05, 0) is 41.3 Å². The molecular formula is C15H13Cl2NO. The van der Waals surface area contributed by atoms with E-state index >= 15 is 0 Å². The van der Waals surface area contributed by atoms with E-state index in [1.54, 1.807) is 0 Å². The maximum atomic E-state index is 10.8. The predicted octanol–water partition coefficient (Wildman–Crippen LogP) is 4.08. The average Bonchev–Trinajstić information content (AvgIpc) is 2.38. The van der Waals surface area contributed by atoms with Gasteiger partial charge in [-0.3, -0.25) is 4.79 Å². The second-order valence-electron chi connectivity index (χ2n) is 4.28. The molecule has 2 rings (SSSR count). The van der Waals surface area contributed by atoms with Gasteiger partial charge in [0.15, 0.2) is 0 Å². The molecule has 0 atom stereocenters. The van der Waals surface area contributed by atoms with E-state index in [0.29, 0.717) is 22.9 Å². The molecule has 0 heterocycles. The zero-order chi connectivity index (χ0) is 13.8. The highest BCUT2D eigenvalue weighted by atomic mass is 35.5. The van der Waals surface area contributed by atoms with Crippen LogP contribution in [0.2, 0.25) is 10.0 Å². The number of hydrogen-bond acceptors (Lipinski definition) is 1. The van der Waals surface area contributed by atoms with Gasteiger partial charge in [0, 0.05) is 16.5 Å². The van der Waals surface area contributed by atoms with Gasteiger partial charge < -0.3 is 5.73 Å². The highest BCUT2D eigenvalue weighted by Crippen LogP contribution is 2.27. The number of primary amides is 1. The molecule has 4 heteroatoms. The number of hydrogen-bond donors (Lipinski definition) is 1. The largest absolute Gasteiger partial charge is 0.370 e. The van der Waals surface area contributed by atoms with Gasteiger partial charge in [0.2, 0.25) is 5.91 Å². The summed E-state index contributed by atoms with van der Waals surface area (Å²) in [4.78, 5) is 10.8. The lowest BCUT2D eigenvalue weighted by Gasteiger charge is -2.07. The van der Waals surface area contributed by atoms with E-state index in [9.17, 15) is 4.79 Å². The molecule has 0 unspecified atom stereocenters.